The van der Waals surface area contributed by atoms with Crippen molar-refractivity contribution in [3.8, 4) is 0 Å². The molecule has 0 spiro atoms. The topological polar surface area (TPSA) is 61.9 Å². The highest BCUT2D eigenvalue weighted by Crippen LogP contribution is 2.30. The van der Waals surface area contributed by atoms with E-state index in [1.165, 1.54) is 0 Å². The third-order valence-corrected chi connectivity index (χ3v) is 6.37. The average Bonchev–Trinajstić information content (AvgIpc) is 3.35. The lowest BCUT2D eigenvalue weighted by Gasteiger charge is -2.34. The van der Waals surface area contributed by atoms with Crippen LogP contribution in [0.1, 0.15) is 48.5 Å². The Hall–Kier alpha value is -2.86. The van der Waals surface area contributed by atoms with Gasteiger partial charge in [-0.05, 0) is 55.4 Å². The van der Waals surface area contributed by atoms with Crippen LogP contribution < -0.4 is 10.2 Å². The van der Waals surface area contributed by atoms with Gasteiger partial charge in [-0.3, -0.25) is 9.59 Å². The SMILES string of the molecule is CC1CCN(c2ccc(NC(=O)COCc3ccccc3)cc2C(=O)N2CCCC2)CC1. The van der Waals surface area contributed by atoms with Crippen LogP contribution in [0.2, 0.25) is 0 Å². The van der Waals surface area contributed by atoms with Crippen LogP contribution in [0.15, 0.2) is 48.5 Å². The van der Waals surface area contributed by atoms with E-state index in [2.05, 4.69) is 17.1 Å². The molecule has 0 bridgehead atoms. The van der Waals surface area contributed by atoms with Gasteiger partial charge in [0.05, 0.1) is 12.2 Å². The number of rotatable bonds is 7. The Balaban J connectivity index is 1.44. The summed E-state index contributed by atoms with van der Waals surface area (Å²) in [6, 6.07) is 15.5. The fourth-order valence-electron chi connectivity index (χ4n) is 4.43. The lowest BCUT2D eigenvalue weighted by Crippen LogP contribution is -2.35. The van der Waals surface area contributed by atoms with E-state index in [9.17, 15) is 9.59 Å². The van der Waals surface area contributed by atoms with Gasteiger partial charge in [0.25, 0.3) is 5.91 Å². The van der Waals surface area contributed by atoms with E-state index in [1.54, 1.807) is 0 Å². The summed E-state index contributed by atoms with van der Waals surface area (Å²) in [7, 11) is 0. The highest BCUT2D eigenvalue weighted by molar-refractivity contribution is 6.02. The maximum atomic E-state index is 13.3. The van der Waals surface area contributed by atoms with Crippen molar-refractivity contribution in [2.75, 3.05) is 43.0 Å². The van der Waals surface area contributed by atoms with Crippen molar-refractivity contribution in [1.29, 1.82) is 0 Å². The van der Waals surface area contributed by atoms with Crippen molar-refractivity contribution in [1.82, 2.24) is 4.90 Å². The second-order valence-corrected chi connectivity index (χ2v) is 8.93. The fraction of sp³-hybridized carbons (Fsp3) is 0.462. The number of amides is 2. The standard InChI is InChI=1S/C26H33N3O3/c1-20-11-15-28(16-12-20)24-10-9-22(17-23(24)26(31)29-13-5-6-14-29)27-25(30)19-32-18-21-7-3-2-4-8-21/h2-4,7-10,17,20H,5-6,11-16,18-19H2,1H3,(H,27,30). The molecule has 2 aromatic rings. The van der Waals surface area contributed by atoms with Crippen molar-refractivity contribution in [3.63, 3.8) is 0 Å². The van der Waals surface area contributed by atoms with Gasteiger partial charge >= 0.3 is 0 Å². The molecule has 0 saturated carbocycles. The molecule has 0 atom stereocenters. The van der Waals surface area contributed by atoms with Crippen LogP contribution >= 0.6 is 0 Å². The monoisotopic (exact) mass is 435 g/mol. The first-order chi connectivity index (χ1) is 15.6. The second-order valence-electron chi connectivity index (χ2n) is 8.93. The first-order valence-electron chi connectivity index (χ1n) is 11.7. The molecule has 2 saturated heterocycles. The number of hydrogen-bond donors (Lipinski definition) is 1. The fourth-order valence-corrected chi connectivity index (χ4v) is 4.43. The average molecular weight is 436 g/mol. The molecule has 0 unspecified atom stereocenters. The van der Waals surface area contributed by atoms with Crippen molar-refractivity contribution in [2.24, 2.45) is 5.92 Å². The number of hydrogen-bond acceptors (Lipinski definition) is 4. The number of anilines is 2. The summed E-state index contributed by atoms with van der Waals surface area (Å²) < 4.78 is 5.55. The Morgan fingerprint density at radius 2 is 1.72 bits per heavy atom. The molecule has 2 fully saturated rings. The summed E-state index contributed by atoms with van der Waals surface area (Å²) in [5.41, 5.74) is 3.32. The molecule has 6 nitrogen and oxygen atoms in total. The van der Waals surface area contributed by atoms with Gasteiger partial charge in [-0.25, -0.2) is 0 Å². The highest BCUT2D eigenvalue weighted by Gasteiger charge is 2.26. The van der Waals surface area contributed by atoms with Gasteiger partial charge in [-0.2, -0.15) is 0 Å². The maximum absolute atomic E-state index is 13.3. The first kappa shape index (κ1) is 22.3. The predicted molar refractivity (Wildman–Crippen MR) is 127 cm³/mol. The molecule has 2 aliphatic heterocycles. The Morgan fingerprint density at radius 3 is 2.44 bits per heavy atom. The van der Waals surface area contributed by atoms with Crippen LogP contribution in [-0.2, 0) is 16.1 Å². The lowest BCUT2D eigenvalue weighted by molar-refractivity contribution is -0.121. The van der Waals surface area contributed by atoms with E-state index in [0.29, 0.717) is 17.9 Å². The maximum Gasteiger partial charge on any atom is 0.256 e. The number of benzene rings is 2. The second kappa shape index (κ2) is 10.6. The molecule has 0 aliphatic carbocycles. The third kappa shape index (κ3) is 5.68. The zero-order valence-electron chi connectivity index (χ0n) is 18.9. The molecule has 2 heterocycles. The molecular formula is C26H33N3O3. The minimum atomic E-state index is -0.222. The van der Waals surface area contributed by atoms with E-state index in [4.69, 9.17) is 4.74 Å². The van der Waals surface area contributed by atoms with Gasteiger partial charge < -0.3 is 19.9 Å². The van der Waals surface area contributed by atoms with Gasteiger partial charge in [-0.15, -0.1) is 0 Å². The van der Waals surface area contributed by atoms with Crippen LogP contribution in [0.3, 0.4) is 0 Å². The number of carbonyl (C=O) groups is 2. The zero-order valence-corrected chi connectivity index (χ0v) is 18.9. The number of nitrogens with one attached hydrogen (secondary N) is 1. The Labute approximate surface area is 190 Å². The van der Waals surface area contributed by atoms with Crippen molar-refractivity contribution in [3.05, 3.63) is 59.7 Å². The van der Waals surface area contributed by atoms with E-state index in [1.807, 2.05) is 53.4 Å². The Kier molecular flexibility index (Phi) is 7.43. The molecule has 170 valence electrons. The normalized spacial score (nSPS) is 16.9. The molecule has 1 N–H and O–H groups in total. The molecule has 2 aliphatic rings. The van der Waals surface area contributed by atoms with Gasteiger partial charge in [0, 0.05) is 37.6 Å². The van der Waals surface area contributed by atoms with Gasteiger partial charge in [0.15, 0.2) is 0 Å². The van der Waals surface area contributed by atoms with E-state index in [0.717, 1.165) is 69.0 Å². The minimum absolute atomic E-state index is 0.0317. The number of likely N-dealkylation sites (tertiary alicyclic amines) is 1. The van der Waals surface area contributed by atoms with E-state index >= 15 is 0 Å². The number of nitrogens with zero attached hydrogens (tertiary/aromatic N) is 2. The Bertz CT molecular complexity index is 917. The van der Waals surface area contributed by atoms with Crippen molar-refractivity contribution < 1.29 is 14.3 Å². The summed E-state index contributed by atoms with van der Waals surface area (Å²) in [5, 5.41) is 2.90. The largest absolute Gasteiger partial charge is 0.371 e. The van der Waals surface area contributed by atoms with Gasteiger partial charge in [0.2, 0.25) is 5.91 Å². The van der Waals surface area contributed by atoms with Crippen LogP contribution in [0.5, 0.6) is 0 Å². The van der Waals surface area contributed by atoms with Crippen LogP contribution in [0.4, 0.5) is 11.4 Å². The van der Waals surface area contributed by atoms with E-state index in [-0.39, 0.29) is 18.4 Å². The molecule has 32 heavy (non-hydrogen) atoms. The van der Waals surface area contributed by atoms with E-state index < -0.39 is 0 Å². The molecule has 2 amide bonds. The summed E-state index contributed by atoms with van der Waals surface area (Å²) in [6.07, 6.45) is 4.37. The number of piperidine rings is 1. The third-order valence-electron chi connectivity index (χ3n) is 6.37. The summed E-state index contributed by atoms with van der Waals surface area (Å²) in [5.74, 6) is 0.561. The molecule has 6 heteroatoms. The van der Waals surface area contributed by atoms with Crippen molar-refractivity contribution >= 4 is 23.2 Å². The molecule has 4 rings (SSSR count). The van der Waals surface area contributed by atoms with Crippen LogP contribution in [-0.4, -0.2) is 49.5 Å². The summed E-state index contributed by atoms with van der Waals surface area (Å²) in [6.45, 7) is 6.17. The highest BCUT2D eigenvalue weighted by atomic mass is 16.5. The van der Waals surface area contributed by atoms with Gasteiger partial charge in [-0.1, -0.05) is 37.3 Å². The van der Waals surface area contributed by atoms with Crippen molar-refractivity contribution in [2.45, 2.75) is 39.2 Å². The van der Waals surface area contributed by atoms with Crippen LogP contribution in [0.25, 0.3) is 0 Å². The zero-order chi connectivity index (χ0) is 22.3. The lowest BCUT2D eigenvalue weighted by atomic mass is 9.97. The van der Waals surface area contributed by atoms with Gasteiger partial charge in [0.1, 0.15) is 6.61 Å². The first-order valence-corrected chi connectivity index (χ1v) is 11.7. The molecular weight excluding hydrogens is 402 g/mol. The number of ether oxygens (including phenoxy) is 1. The predicted octanol–water partition coefficient (Wildman–Crippen LogP) is 4.31. The summed E-state index contributed by atoms with van der Waals surface area (Å²) >= 11 is 0. The molecule has 2 aromatic carbocycles. The molecule has 0 aromatic heterocycles. The van der Waals surface area contributed by atoms with Crippen LogP contribution in [0, 0.1) is 5.92 Å². The molecule has 0 radical (unpaired) electrons. The number of carbonyl (C=O) groups excluding carboxylic acids is 2. The Morgan fingerprint density at radius 1 is 1.00 bits per heavy atom. The smallest absolute Gasteiger partial charge is 0.256 e. The minimum Gasteiger partial charge on any atom is -0.371 e. The quantitative estimate of drug-likeness (QED) is 0.704. The summed E-state index contributed by atoms with van der Waals surface area (Å²) in [4.78, 5) is 30.0.